The molecule has 1 aliphatic heterocycles. The maximum absolute atomic E-state index is 10.4. The van der Waals surface area contributed by atoms with Gasteiger partial charge in [-0.25, -0.2) is 0 Å². The topological polar surface area (TPSA) is 120 Å². The predicted octanol–water partition coefficient (Wildman–Crippen LogP) is 2.13. The molecule has 0 radical (unpaired) electrons. The quantitative estimate of drug-likeness (QED) is 0.431. The highest BCUT2D eigenvalue weighted by atomic mass is 35.5. The smallest absolute Gasteiger partial charge is 0.119 e. The minimum absolute atomic E-state index is 0.0317. The van der Waals surface area contributed by atoms with E-state index in [1.54, 1.807) is 12.1 Å². The van der Waals surface area contributed by atoms with Gasteiger partial charge in [0, 0.05) is 11.4 Å². The molecule has 180 valence electrons. The molecule has 7 nitrogen and oxygen atoms in total. The number of rotatable bonds is 6. The first-order valence-corrected chi connectivity index (χ1v) is 11.8. The zero-order valence-electron chi connectivity index (χ0n) is 18.3. The standard InChI is InChI=1S/C25H31ClO7/c26-20-9-6-15(25-24(31)23(30)22(29)21(13-27)33-25)11-16(20)10-14-4-7-18(8-5-14)32-19-3-1-2-17(28)12-19/h4-9,11,17,19,21-25,27-31H,1-3,10,12-13H2/t17-,19-,21-,22-,23+,24-,25+/m1/s1. The van der Waals surface area contributed by atoms with E-state index >= 15 is 0 Å². The highest BCUT2D eigenvalue weighted by Gasteiger charge is 2.44. The Kier molecular flexibility index (Phi) is 7.91. The van der Waals surface area contributed by atoms with Crippen molar-refractivity contribution in [2.24, 2.45) is 0 Å². The van der Waals surface area contributed by atoms with Gasteiger partial charge in [0.05, 0.1) is 12.7 Å². The summed E-state index contributed by atoms with van der Waals surface area (Å²) >= 11 is 6.42. The Labute approximate surface area is 198 Å². The number of aliphatic hydroxyl groups is 5. The van der Waals surface area contributed by atoms with Crippen molar-refractivity contribution in [1.29, 1.82) is 0 Å². The van der Waals surface area contributed by atoms with Crippen LogP contribution in [0.25, 0.3) is 0 Å². The molecule has 0 unspecified atom stereocenters. The second-order valence-electron chi connectivity index (χ2n) is 8.98. The van der Waals surface area contributed by atoms with Crippen LogP contribution in [0.5, 0.6) is 5.75 Å². The van der Waals surface area contributed by atoms with Gasteiger partial charge in [-0.05, 0) is 60.6 Å². The lowest BCUT2D eigenvalue weighted by Crippen LogP contribution is -2.55. The normalized spacial score (nSPS) is 32.5. The second-order valence-corrected chi connectivity index (χ2v) is 9.39. The molecule has 5 N–H and O–H groups in total. The molecule has 4 rings (SSSR count). The maximum atomic E-state index is 10.4. The van der Waals surface area contributed by atoms with Crippen LogP contribution in [0.1, 0.15) is 48.5 Å². The van der Waals surface area contributed by atoms with E-state index in [2.05, 4.69) is 0 Å². The molecule has 8 heteroatoms. The summed E-state index contributed by atoms with van der Waals surface area (Å²) in [6, 6.07) is 13.0. The molecule has 0 spiro atoms. The molecule has 2 aromatic carbocycles. The Bertz CT molecular complexity index is 919. The lowest BCUT2D eigenvalue weighted by atomic mass is 9.90. The van der Waals surface area contributed by atoms with E-state index in [9.17, 15) is 25.5 Å². The van der Waals surface area contributed by atoms with Gasteiger partial charge in [-0.15, -0.1) is 0 Å². The number of hydrogen-bond acceptors (Lipinski definition) is 7. The highest BCUT2D eigenvalue weighted by molar-refractivity contribution is 6.31. The van der Waals surface area contributed by atoms with Crippen molar-refractivity contribution in [3.05, 3.63) is 64.2 Å². The monoisotopic (exact) mass is 478 g/mol. The van der Waals surface area contributed by atoms with Crippen molar-refractivity contribution in [2.75, 3.05) is 6.61 Å². The van der Waals surface area contributed by atoms with E-state index in [4.69, 9.17) is 21.1 Å². The van der Waals surface area contributed by atoms with Crippen LogP contribution in [-0.2, 0) is 11.2 Å². The zero-order valence-corrected chi connectivity index (χ0v) is 19.0. The van der Waals surface area contributed by atoms with Crippen LogP contribution >= 0.6 is 11.6 Å². The van der Waals surface area contributed by atoms with Crippen LogP contribution in [0.15, 0.2) is 42.5 Å². The number of benzene rings is 2. The first-order valence-electron chi connectivity index (χ1n) is 11.4. The van der Waals surface area contributed by atoms with Gasteiger partial charge in [0.25, 0.3) is 0 Å². The van der Waals surface area contributed by atoms with Crippen molar-refractivity contribution >= 4 is 11.6 Å². The summed E-state index contributed by atoms with van der Waals surface area (Å²) in [4.78, 5) is 0. The summed E-state index contributed by atoms with van der Waals surface area (Å²) in [6.45, 7) is -0.476. The van der Waals surface area contributed by atoms with E-state index in [1.807, 2.05) is 30.3 Å². The predicted molar refractivity (Wildman–Crippen MR) is 122 cm³/mol. The van der Waals surface area contributed by atoms with E-state index in [0.29, 0.717) is 23.4 Å². The van der Waals surface area contributed by atoms with Gasteiger partial charge in [0.15, 0.2) is 0 Å². The van der Waals surface area contributed by atoms with Gasteiger partial charge in [-0.2, -0.15) is 0 Å². The summed E-state index contributed by atoms with van der Waals surface area (Å²) in [6.07, 6.45) is -2.37. The Morgan fingerprint density at radius 2 is 1.70 bits per heavy atom. The molecule has 0 aromatic heterocycles. The number of aliphatic hydroxyl groups excluding tert-OH is 5. The molecule has 1 aliphatic carbocycles. The molecular formula is C25H31ClO7. The summed E-state index contributed by atoms with van der Waals surface area (Å²) in [7, 11) is 0. The molecule has 0 amide bonds. The summed E-state index contributed by atoms with van der Waals surface area (Å²) in [5.41, 5.74) is 2.43. The number of hydrogen-bond donors (Lipinski definition) is 5. The fraction of sp³-hybridized carbons (Fsp3) is 0.520. The minimum atomic E-state index is -1.43. The van der Waals surface area contributed by atoms with Crippen molar-refractivity contribution < 1.29 is 35.0 Å². The molecule has 1 saturated carbocycles. The van der Waals surface area contributed by atoms with Gasteiger partial charge < -0.3 is 35.0 Å². The highest BCUT2D eigenvalue weighted by Crippen LogP contribution is 2.34. The van der Waals surface area contributed by atoms with Gasteiger partial charge in [-0.1, -0.05) is 35.9 Å². The second kappa shape index (κ2) is 10.7. The Hall–Kier alpha value is -1.71. The number of ether oxygens (including phenoxy) is 2. The Morgan fingerprint density at radius 1 is 0.939 bits per heavy atom. The van der Waals surface area contributed by atoms with Crippen LogP contribution in [0.2, 0.25) is 5.02 Å². The third-order valence-corrected chi connectivity index (χ3v) is 6.88. The Morgan fingerprint density at radius 3 is 2.39 bits per heavy atom. The van der Waals surface area contributed by atoms with E-state index in [1.165, 1.54) is 0 Å². The molecule has 2 fully saturated rings. The molecule has 1 heterocycles. The number of halogens is 1. The zero-order chi connectivity index (χ0) is 23.5. The van der Waals surface area contributed by atoms with Crippen LogP contribution in [0, 0.1) is 0 Å². The van der Waals surface area contributed by atoms with E-state index < -0.39 is 37.1 Å². The van der Waals surface area contributed by atoms with E-state index in [-0.39, 0.29) is 12.2 Å². The van der Waals surface area contributed by atoms with Gasteiger partial charge in [0.2, 0.25) is 0 Å². The molecular weight excluding hydrogens is 448 g/mol. The molecule has 1 saturated heterocycles. The third-order valence-electron chi connectivity index (χ3n) is 6.51. The van der Waals surface area contributed by atoms with E-state index in [0.717, 1.165) is 36.1 Å². The minimum Gasteiger partial charge on any atom is -0.490 e. The van der Waals surface area contributed by atoms with Crippen molar-refractivity contribution in [1.82, 2.24) is 0 Å². The van der Waals surface area contributed by atoms with Crippen LogP contribution < -0.4 is 4.74 Å². The molecule has 2 aliphatic rings. The first-order chi connectivity index (χ1) is 15.9. The molecule has 2 aromatic rings. The third kappa shape index (κ3) is 5.69. The van der Waals surface area contributed by atoms with Crippen LogP contribution in [-0.4, -0.2) is 68.8 Å². The van der Waals surface area contributed by atoms with Crippen LogP contribution in [0.3, 0.4) is 0 Å². The van der Waals surface area contributed by atoms with Gasteiger partial charge in [-0.3, -0.25) is 0 Å². The lowest BCUT2D eigenvalue weighted by molar-refractivity contribution is -0.231. The maximum Gasteiger partial charge on any atom is 0.119 e. The van der Waals surface area contributed by atoms with Crippen molar-refractivity contribution in [3.63, 3.8) is 0 Å². The SMILES string of the molecule is OC[C@H]1O[C@@H](c2ccc(Cl)c(Cc3ccc(O[C@@H]4CCC[C@@H](O)C4)cc3)c2)[C@H](O)[C@@H](O)[C@@H]1O. The summed E-state index contributed by atoms with van der Waals surface area (Å²) < 4.78 is 11.7. The van der Waals surface area contributed by atoms with Crippen molar-refractivity contribution in [2.45, 2.75) is 74.8 Å². The van der Waals surface area contributed by atoms with Gasteiger partial charge >= 0.3 is 0 Å². The average Bonchev–Trinajstić information content (AvgIpc) is 2.81. The van der Waals surface area contributed by atoms with Crippen LogP contribution in [0.4, 0.5) is 0 Å². The fourth-order valence-corrected chi connectivity index (χ4v) is 4.79. The van der Waals surface area contributed by atoms with Gasteiger partial charge in [0.1, 0.15) is 42.4 Å². The molecule has 7 atom stereocenters. The first kappa shape index (κ1) is 24.4. The average molecular weight is 479 g/mol. The lowest BCUT2D eigenvalue weighted by Gasteiger charge is -2.40. The molecule has 0 bridgehead atoms. The molecule has 33 heavy (non-hydrogen) atoms. The van der Waals surface area contributed by atoms with Crippen molar-refractivity contribution in [3.8, 4) is 5.75 Å². The largest absolute Gasteiger partial charge is 0.490 e. The Balaban J connectivity index is 1.46. The summed E-state index contributed by atoms with van der Waals surface area (Å²) in [5, 5.41) is 50.4. The fourth-order valence-electron chi connectivity index (χ4n) is 4.61. The summed E-state index contributed by atoms with van der Waals surface area (Å²) in [5.74, 6) is 0.763.